The van der Waals surface area contributed by atoms with E-state index in [2.05, 4.69) is 61.5 Å². The Hall–Kier alpha value is -0.340. The lowest BCUT2D eigenvalue weighted by atomic mass is 9.40. The van der Waals surface area contributed by atoms with E-state index < -0.39 is 0 Å². The Labute approximate surface area is 204 Å². The van der Waals surface area contributed by atoms with Crippen molar-refractivity contribution in [3.05, 3.63) is 11.6 Å². The molecule has 0 bridgehead atoms. The first kappa shape index (κ1) is 24.4. The van der Waals surface area contributed by atoms with Crippen LogP contribution in [0.25, 0.3) is 0 Å². The highest BCUT2D eigenvalue weighted by Gasteiger charge is 2.78. The lowest BCUT2D eigenvalue weighted by Crippen LogP contribution is -2.57. The van der Waals surface area contributed by atoms with Crippen LogP contribution in [0, 0.1) is 51.2 Å². The predicted molar refractivity (Wildman–Crippen MR) is 137 cm³/mol. The monoisotopic (exact) mass is 456 g/mol. The molecule has 2 heteroatoms. The highest BCUT2D eigenvalue weighted by atomic mass is 16.5. The quantitative estimate of drug-likeness (QED) is 0.437. The fourth-order valence-electron chi connectivity index (χ4n) is 10.4. The van der Waals surface area contributed by atoms with Crippen molar-refractivity contribution in [1.29, 1.82) is 0 Å². The zero-order valence-corrected chi connectivity index (χ0v) is 23.0. The minimum absolute atomic E-state index is 0.00208. The molecule has 0 saturated heterocycles. The van der Waals surface area contributed by atoms with Crippen LogP contribution in [0.3, 0.4) is 0 Å². The maximum absolute atomic E-state index is 11.0. The molecule has 1 spiro atoms. The van der Waals surface area contributed by atoms with Crippen molar-refractivity contribution < 1.29 is 9.84 Å². The SMILES string of the molecule is CCOC12CCC(O)[C@@H](C)C3CCC4C(=CC[C@@]5(C)C[C@@](C)([C@H](C)C(C)C)CCC45C)C31C2. The Bertz CT molecular complexity index is 816. The van der Waals surface area contributed by atoms with Crippen LogP contribution in [0.5, 0.6) is 0 Å². The van der Waals surface area contributed by atoms with Gasteiger partial charge in [0.2, 0.25) is 0 Å². The van der Waals surface area contributed by atoms with Crippen molar-refractivity contribution in [1.82, 2.24) is 0 Å². The number of rotatable bonds is 4. The molecule has 10 atom stereocenters. The third kappa shape index (κ3) is 3.04. The smallest absolute Gasteiger partial charge is 0.0789 e. The van der Waals surface area contributed by atoms with Gasteiger partial charge >= 0.3 is 0 Å². The van der Waals surface area contributed by atoms with Gasteiger partial charge in [-0.05, 0) is 111 Å². The van der Waals surface area contributed by atoms with Gasteiger partial charge in [0.1, 0.15) is 0 Å². The van der Waals surface area contributed by atoms with E-state index in [9.17, 15) is 5.11 Å². The molecular formula is C31H52O2. The molecule has 1 N–H and O–H groups in total. The molecule has 6 unspecified atom stereocenters. The highest BCUT2D eigenvalue weighted by molar-refractivity contribution is 5.43. The summed E-state index contributed by atoms with van der Waals surface area (Å²) in [5.41, 5.74) is 3.23. The summed E-state index contributed by atoms with van der Waals surface area (Å²) in [4.78, 5) is 0. The molecule has 0 aromatic heterocycles. The Morgan fingerprint density at radius 1 is 1.03 bits per heavy atom. The van der Waals surface area contributed by atoms with Crippen molar-refractivity contribution >= 4 is 0 Å². The van der Waals surface area contributed by atoms with E-state index in [1.165, 1.54) is 44.9 Å². The van der Waals surface area contributed by atoms with E-state index >= 15 is 0 Å². The molecule has 0 aromatic carbocycles. The second-order valence-electron chi connectivity index (χ2n) is 14.5. The summed E-state index contributed by atoms with van der Waals surface area (Å²) >= 11 is 0. The molecule has 0 amide bonds. The van der Waals surface area contributed by atoms with Crippen LogP contribution in [0.2, 0.25) is 0 Å². The normalized spacial score (nSPS) is 54.3. The van der Waals surface area contributed by atoms with Crippen molar-refractivity contribution in [2.75, 3.05) is 6.61 Å². The number of allylic oxidation sites excluding steroid dienone is 1. The van der Waals surface area contributed by atoms with Crippen LogP contribution in [-0.4, -0.2) is 23.4 Å². The summed E-state index contributed by atoms with van der Waals surface area (Å²) in [6.45, 7) is 20.6. The van der Waals surface area contributed by atoms with Crippen LogP contribution < -0.4 is 0 Å². The first-order valence-corrected chi connectivity index (χ1v) is 14.4. The third-order valence-corrected chi connectivity index (χ3v) is 13.1. The summed E-state index contributed by atoms with van der Waals surface area (Å²) in [5, 5.41) is 11.0. The van der Waals surface area contributed by atoms with Crippen LogP contribution >= 0.6 is 0 Å². The minimum atomic E-state index is -0.161. The van der Waals surface area contributed by atoms with Gasteiger partial charge in [0.25, 0.3) is 0 Å². The molecule has 0 aromatic rings. The van der Waals surface area contributed by atoms with E-state index in [-0.39, 0.29) is 17.1 Å². The summed E-state index contributed by atoms with van der Waals surface area (Å²) in [6, 6.07) is 0. The first-order chi connectivity index (χ1) is 15.4. The van der Waals surface area contributed by atoms with Crippen molar-refractivity contribution in [2.45, 2.75) is 125 Å². The molecule has 5 aliphatic carbocycles. The van der Waals surface area contributed by atoms with Gasteiger partial charge in [-0.1, -0.05) is 60.1 Å². The predicted octanol–water partition coefficient (Wildman–Crippen LogP) is 7.79. The summed E-state index contributed by atoms with van der Waals surface area (Å²) in [6.07, 6.45) is 13.7. The summed E-state index contributed by atoms with van der Waals surface area (Å²) < 4.78 is 6.66. The molecule has 0 heterocycles. The maximum atomic E-state index is 11.0. The average molecular weight is 457 g/mol. The summed E-state index contributed by atoms with van der Waals surface area (Å²) in [5.74, 6) is 3.21. The standard InChI is InChI=1S/C31H52O2/c1-9-33-30-15-13-26(32)21(4)23-10-11-24-25(31(23,30)19-30)12-14-28(7)18-27(6,22(5)20(2)3)16-17-29(24,28)8/h12,20-24,26,32H,9-11,13-19H2,1-8H3/t21-,22+,23?,24?,26?,27-,28-,29?,30?,31?/m0/s1. The minimum Gasteiger partial charge on any atom is -0.393 e. The van der Waals surface area contributed by atoms with E-state index in [1.807, 2.05) is 0 Å². The Balaban J connectivity index is 1.54. The summed E-state index contributed by atoms with van der Waals surface area (Å²) in [7, 11) is 0. The number of hydrogen-bond acceptors (Lipinski definition) is 2. The second kappa shape index (κ2) is 7.58. The zero-order chi connectivity index (χ0) is 24.0. The number of aliphatic hydroxyl groups excluding tert-OH is 1. The van der Waals surface area contributed by atoms with E-state index in [0.29, 0.717) is 34.0 Å². The van der Waals surface area contributed by atoms with Gasteiger partial charge in [-0.3, -0.25) is 0 Å². The van der Waals surface area contributed by atoms with Crippen LogP contribution in [0.4, 0.5) is 0 Å². The van der Waals surface area contributed by atoms with Gasteiger partial charge in [-0.15, -0.1) is 0 Å². The third-order valence-electron chi connectivity index (χ3n) is 13.1. The van der Waals surface area contributed by atoms with Crippen molar-refractivity contribution in [3.63, 3.8) is 0 Å². The van der Waals surface area contributed by atoms with Gasteiger partial charge in [-0.25, -0.2) is 0 Å². The maximum Gasteiger partial charge on any atom is 0.0789 e. The van der Waals surface area contributed by atoms with Gasteiger partial charge in [0, 0.05) is 12.0 Å². The molecular weight excluding hydrogens is 404 g/mol. The Morgan fingerprint density at radius 2 is 1.76 bits per heavy atom. The average Bonchev–Trinajstić information content (AvgIpc) is 3.41. The van der Waals surface area contributed by atoms with Crippen molar-refractivity contribution in [2.24, 2.45) is 51.2 Å². The number of aliphatic hydroxyl groups is 1. The highest BCUT2D eigenvalue weighted by Crippen LogP contribution is 2.80. The van der Waals surface area contributed by atoms with E-state index in [4.69, 9.17) is 4.74 Å². The molecule has 33 heavy (non-hydrogen) atoms. The topological polar surface area (TPSA) is 29.5 Å². The molecule has 0 aliphatic heterocycles. The van der Waals surface area contributed by atoms with Crippen LogP contribution in [0.15, 0.2) is 11.6 Å². The molecule has 0 radical (unpaired) electrons. The zero-order valence-electron chi connectivity index (χ0n) is 23.0. The van der Waals surface area contributed by atoms with Gasteiger partial charge in [0.05, 0.1) is 11.7 Å². The van der Waals surface area contributed by atoms with Gasteiger partial charge < -0.3 is 9.84 Å². The molecule has 5 rings (SSSR count). The van der Waals surface area contributed by atoms with Crippen LogP contribution in [0.1, 0.15) is 113 Å². The lowest BCUT2D eigenvalue weighted by molar-refractivity contribution is -0.120. The molecule has 188 valence electrons. The number of fused-ring (bicyclic) bond motifs is 3. The fraction of sp³-hybridized carbons (Fsp3) is 0.935. The largest absolute Gasteiger partial charge is 0.393 e. The molecule has 2 nitrogen and oxygen atoms in total. The van der Waals surface area contributed by atoms with E-state index in [0.717, 1.165) is 31.3 Å². The number of ether oxygens (including phenoxy) is 1. The molecule has 4 fully saturated rings. The van der Waals surface area contributed by atoms with Crippen LogP contribution in [-0.2, 0) is 4.74 Å². The first-order valence-electron chi connectivity index (χ1n) is 14.4. The van der Waals surface area contributed by atoms with E-state index in [1.54, 1.807) is 5.57 Å². The lowest BCUT2D eigenvalue weighted by Gasteiger charge is -2.65. The second-order valence-corrected chi connectivity index (χ2v) is 14.5. The van der Waals surface area contributed by atoms with Gasteiger partial charge in [0.15, 0.2) is 0 Å². The molecule has 4 saturated carbocycles. The Kier molecular flexibility index (Phi) is 5.60. The molecule has 5 aliphatic rings. The van der Waals surface area contributed by atoms with Crippen molar-refractivity contribution in [3.8, 4) is 0 Å². The number of hydrogen-bond donors (Lipinski definition) is 1. The Morgan fingerprint density at radius 3 is 2.42 bits per heavy atom. The fourth-order valence-corrected chi connectivity index (χ4v) is 10.4. The van der Waals surface area contributed by atoms with Gasteiger partial charge in [-0.2, -0.15) is 0 Å².